The second kappa shape index (κ2) is 4.57. The molecule has 2 heterocycles. The summed E-state index contributed by atoms with van der Waals surface area (Å²) in [5, 5.41) is 2.82. The molecular weight excluding hydrogens is 287 g/mol. The second-order valence-electron chi connectivity index (χ2n) is 4.45. The zero-order valence-corrected chi connectivity index (χ0v) is 11.1. The van der Waals surface area contributed by atoms with Crippen molar-refractivity contribution >= 4 is 15.7 Å². The lowest BCUT2D eigenvalue weighted by molar-refractivity contribution is 0.0415. The fourth-order valence-corrected chi connectivity index (χ4v) is 3.44. The van der Waals surface area contributed by atoms with Crippen LogP contribution in [-0.4, -0.2) is 32.0 Å². The van der Waals surface area contributed by atoms with Gasteiger partial charge in [0.1, 0.15) is 16.0 Å². The SMILES string of the molecule is Nc1oncc1-c1ccc(S(=O)(=O)C2COC2)c(F)c1. The van der Waals surface area contributed by atoms with Crippen molar-refractivity contribution in [2.24, 2.45) is 0 Å². The molecule has 0 amide bonds. The van der Waals surface area contributed by atoms with Gasteiger partial charge in [0.05, 0.1) is 25.0 Å². The van der Waals surface area contributed by atoms with Crippen molar-refractivity contribution in [2.45, 2.75) is 10.1 Å². The number of hydrogen-bond acceptors (Lipinski definition) is 6. The summed E-state index contributed by atoms with van der Waals surface area (Å²) in [4.78, 5) is -0.329. The van der Waals surface area contributed by atoms with Crippen LogP contribution in [0.15, 0.2) is 33.8 Å². The molecule has 0 aliphatic carbocycles. The lowest BCUT2D eigenvalue weighted by Gasteiger charge is -2.25. The predicted molar refractivity (Wildman–Crippen MR) is 68.1 cm³/mol. The lowest BCUT2D eigenvalue weighted by atomic mass is 10.1. The molecule has 0 atom stereocenters. The molecule has 1 aliphatic heterocycles. The van der Waals surface area contributed by atoms with E-state index in [0.717, 1.165) is 6.07 Å². The molecule has 1 aliphatic rings. The fraction of sp³-hybridized carbons (Fsp3) is 0.250. The van der Waals surface area contributed by atoms with Crippen molar-refractivity contribution in [1.29, 1.82) is 0 Å². The Morgan fingerprint density at radius 3 is 2.60 bits per heavy atom. The zero-order valence-electron chi connectivity index (χ0n) is 10.2. The number of nitrogen functional groups attached to an aromatic ring is 1. The number of sulfone groups is 1. The number of hydrogen-bond donors (Lipinski definition) is 1. The third-order valence-electron chi connectivity index (χ3n) is 3.19. The van der Waals surface area contributed by atoms with Crippen LogP contribution in [0, 0.1) is 5.82 Å². The van der Waals surface area contributed by atoms with Crippen LogP contribution in [0.5, 0.6) is 0 Å². The van der Waals surface area contributed by atoms with Crippen molar-refractivity contribution in [3.05, 3.63) is 30.2 Å². The fourth-order valence-electron chi connectivity index (χ4n) is 1.94. The van der Waals surface area contributed by atoms with Crippen LogP contribution < -0.4 is 5.73 Å². The summed E-state index contributed by atoms with van der Waals surface area (Å²) in [6.45, 7) is 0.199. The maximum Gasteiger partial charge on any atom is 0.229 e. The van der Waals surface area contributed by atoms with Gasteiger partial charge in [0.2, 0.25) is 5.88 Å². The molecule has 6 nitrogen and oxygen atoms in total. The molecular formula is C12H11FN2O4S. The van der Waals surface area contributed by atoms with Crippen LogP contribution in [0.25, 0.3) is 11.1 Å². The maximum absolute atomic E-state index is 14.1. The molecule has 2 N–H and O–H groups in total. The van der Waals surface area contributed by atoms with Crippen molar-refractivity contribution in [3.8, 4) is 11.1 Å². The molecule has 1 fully saturated rings. The van der Waals surface area contributed by atoms with Crippen LogP contribution >= 0.6 is 0 Å². The first-order chi connectivity index (χ1) is 9.50. The van der Waals surface area contributed by atoms with Crippen molar-refractivity contribution < 1.29 is 22.1 Å². The van der Waals surface area contributed by atoms with Gasteiger partial charge in [-0.3, -0.25) is 0 Å². The average molecular weight is 298 g/mol. The molecule has 0 bridgehead atoms. The molecule has 8 heteroatoms. The zero-order chi connectivity index (χ0) is 14.3. The van der Waals surface area contributed by atoms with Gasteiger partial charge in [-0.2, -0.15) is 0 Å². The Kier molecular flexibility index (Phi) is 2.98. The van der Waals surface area contributed by atoms with E-state index in [1.54, 1.807) is 0 Å². The molecule has 1 aromatic carbocycles. The standard InChI is InChI=1S/C12H11FN2O4S/c13-10-3-7(9-4-15-19-12(9)14)1-2-11(10)20(16,17)8-5-18-6-8/h1-4,8H,5-6,14H2. The van der Waals surface area contributed by atoms with Gasteiger partial charge in [-0.1, -0.05) is 11.2 Å². The van der Waals surface area contributed by atoms with Crippen LogP contribution in [-0.2, 0) is 14.6 Å². The van der Waals surface area contributed by atoms with E-state index in [2.05, 4.69) is 5.16 Å². The second-order valence-corrected chi connectivity index (χ2v) is 6.65. The highest BCUT2D eigenvalue weighted by Crippen LogP contribution is 2.30. The van der Waals surface area contributed by atoms with Crippen LogP contribution in [0.1, 0.15) is 0 Å². The number of anilines is 1. The van der Waals surface area contributed by atoms with Gasteiger partial charge in [0, 0.05) is 0 Å². The highest BCUT2D eigenvalue weighted by Gasteiger charge is 2.35. The smallest absolute Gasteiger partial charge is 0.229 e. The first-order valence-corrected chi connectivity index (χ1v) is 7.36. The predicted octanol–water partition coefficient (Wildman–Crippen LogP) is 1.24. The molecule has 0 saturated carbocycles. The van der Waals surface area contributed by atoms with E-state index in [-0.39, 0.29) is 24.0 Å². The van der Waals surface area contributed by atoms with Crippen LogP contribution in [0.4, 0.5) is 10.3 Å². The van der Waals surface area contributed by atoms with E-state index in [0.29, 0.717) is 11.1 Å². The van der Waals surface area contributed by atoms with Gasteiger partial charge in [-0.25, -0.2) is 12.8 Å². The number of aromatic nitrogens is 1. The number of benzene rings is 1. The van der Waals surface area contributed by atoms with Crippen molar-refractivity contribution in [1.82, 2.24) is 5.16 Å². The normalized spacial score (nSPS) is 16.1. The van der Waals surface area contributed by atoms with Gasteiger partial charge < -0.3 is 15.0 Å². The summed E-state index contributed by atoms with van der Waals surface area (Å²) >= 11 is 0. The minimum atomic E-state index is -3.70. The van der Waals surface area contributed by atoms with Gasteiger partial charge in [-0.05, 0) is 17.7 Å². The maximum atomic E-state index is 14.1. The molecule has 0 unspecified atom stereocenters. The Hall–Kier alpha value is -1.93. The molecule has 1 saturated heterocycles. The lowest BCUT2D eigenvalue weighted by Crippen LogP contribution is -2.40. The van der Waals surface area contributed by atoms with Gasteiger partial charge in [-0.15, -0.1) is 0 Å². The average Bonchev–Trinajstić information content (AvgIpc) is 2.71. The summed E-state index contributed by atoms with van der Waals surface area (Å²) in [7, 11) is -3.70. The Morgan fingerprint density at radius 1 is 1.35 bits per heavy atom. The topological polar surface area (TPSA) is 95.4 Å². The van der Waals surface area contributed by atoms with Crippen LogP contribution in [0.2, 0.25) is 0 Å². The Bertz CT molecular complexity index is 753. The van der Waals surface area contributed by atoms with Gasteiger partial charge >= 0.3 is 0 Å². The summed E-state index contributed by atoms with van der Waals surface area (Å²) < 4.78 is 47.9. The van der Waals surface area contributed by atoms with E-state index in [4.69, 9.17) is 15.0 Å². The number of nitrogens with zero attached hydrogens (tertiary/aromatic N) is 1. The summed E-state index contributed by atoms with van der Waals surface area (Å²) in [6, 6.07) is 3.80. The third-order valence-corrected chi connectivity index (χ3v) is 5.29. The van der Waals surface area contributed by atoms with Crippen LogP contribution in [0.3, 0.4) is 0 Å². The van der Waals surface area contributed by atoms with E-state index >= 15 is 0 Å². The van der Waals surface area contributed by atoms with E-state index in [9.17, 15) is 12.8 Å². The Labute approximate surface area is 114 Å². The summed E-state index contributed by atoms with van der Waals surface area (Å²) in [5.74, 6) is -0.776. The molecule has 20 heavy (non-hydrogen) atoms. The quantitative estimate of drug-likeness (QED) is 0.915. The highest BCUT2D eigenvalue weighted by molar-refractivity contribution is 7.92. The molecule has 106 valence electrons. The van der Waals surface area contributed by atoms with E-state index in [1.807, 2.05) is 0 Å². The number of nitrogens with two attached hydrogens (primary N) is 1. The highest BCUT2D eigenvalue weighted by atomic mass is 32.2. The van der Waals surface area contributed by atoms with Crippen molar-refractivity contribution in [2.75, 3.05) is 18.9 Å². The first-order valence-electron chi connectivity index (χ1n) is 5.82. The first kappa shape index (κ1) is 13.1. The molecule has 3 rings (SSSR count). The number of halogens is 1. The Balaban J connectivity index is 2.02. The number of rotatable bonds is 3. The monoisotopic (exact) mass is 298 g/mol. The van der Waals surface area contributed by atoms with E-state index < -0.39 is 20.9 Å². The van der Waals surface area contributed by atoms with Gasteiger partial charge in [0.15, 0.2) is 9.84 Å². The summed E-state index contributed by atoms with van der Waals surface area (Å²) in [5.41, 5.74) is 6.36. The summed E-state index contributed by atoms with van der Waals surface area (Å²) in [6.07, 6.45) is 1.35. The van der Waals surface area contributed by atoms with E-state index in [1.165, 1.54) is 18.3 Å². The number of ether oxygens (including phenoxy) is 1. The molecule has 0 spiro atoms. The van der Waals surface area contributed by atoms with Crippen molar-refractivity contribution in [3.63, 3.8) is 0 Å². The molecule has 0 radical (unpaired) electrons. The largest absolute Gasteiger partial charge is 0.379 e. The Morgan fingerprint density at radius 2 is 2.10 bits per heavy atom. The molecule has 1 aromatic heterocycles. The third kappa shape index (κ3) is 1.97. The minimum Gasteiger partial charge on any atom is -0.379 e. The molecule has 2 aromatic rings. The minimum absolute atomic E-state index is 0.0485. The van der Waals surface area contributed by atoms with Gasteiger partial charge in [0.25, 0.3) is 0 Å².